The fraction of sp³-hybridized carbons (Fsp3) is 0.167. The monoisotopic (exact) mass is 323 g/mol. The Bertz CT molecular complexity index is 844. The van der Waals surface area contributed by atoms with Crippen molar-refractivity contribution in [3.63, 3.8) is 0 Å². The smallest absolute Gasteiger partial charge is 0.257 e. The van der Waals surface area contributed by atoms with Gasteiger partial charge in [-0.1, -0.05) is 23.4 Å². The zero-order valence-corrected chi connectivity index (χ0v) is 13.4. The van der Waals surface area contributed by atoms with E-state index in [9.17, 15) is 4.79 Å². The van der Waals surface area contributed by atoms with Gasteiger partial charge in [0.2, 0.25) is 0 Å². The Labute approximate surface area is 139 Å². The first-order valence-corrected chi connectivity index (χ1v) is 7.47. The topological polar surface area (TPSA) is 77.2 Å². The third-order valence-corrected chi connectivity index (χ3v) is 3.62. The van der Waals surface area contributed by atoms with Gasteiger partial charge in [0.05, 0.1) is 18.4 Å². The van der Waals surface area contributed by atoms with Crippen LogP contribution in [0.4, 0.5) is 0 Å². The first-order chi connectivity index (χ1) is 11.7. The summed E-state index contributed by atoms with van der Waals surface area (Å²) in [5.41, 5.74) is 2.54. The summed E-state index contributed by atoms with van der Waals surface area (Å²) in [6, 6.07) is 11.1. The highest BCUT2D eigenvalue weighted by Gasteiger charge is 2.23. The lowest BCUT2D eigenvalue weighted by atomic mass is 10.1. The van der Waals surface area contributed by atoms with Crippen LogP contribution in [0.1, 0.15) is 21.6 Å². The molecule has 0 bridgehead atoms. The molecule has 0 saturated carbocycles. The average molecular weight is 323 g/mol. The molecule has 1 N–H and O–H groups in total. The van der Waals surface area contributed by atoms with Gasteiger partial charge in [0, 0.05) is 18.9 Å². The number of aromatic nitrogens is 2. The molecule has 2 heterocycles. The predicted molar refractivity (Wildman–Crippen MR) is 88.6 cm³/mol. The Kier molecular flexibility index (Phi) is 4.56. The van der Waals surface area contributed by atoms with E-state index in [1.807, 2.05) is 36.4 Å². The summed E-state index contributed by atoms with van der Waals surface area (Å²) in [7, 11) is 1.57. The number of methoxy groups -OCH3 is 1. The lowest BCUT2D eigenvalue weighted by Gasteiger charge is -2.08. The Balaban J connectivity index is 1.88. The van der Waals surface area contributed by atoms with Crippen molar-refractivity contribution < 1.29 is 14.1 Å². The summed E-state index contributed by atoms with van der Waals surface area (Å²) in [6.45, 7) is 2.12. The number of para-hydroxylation sites is 1. The predicted octanol–water partition coefficient (Wildman–Crippen LogP) is 2.98. The number of hydrogen-bond donors (Lipinski definition) is 1. The van der Waals surface area contributed by atoms with Gasteiger partial charge in [-0.15, -0.1) is 0 Å². The maximum Gasteiger partial charge on any atom is 0.257 e. The number of nitrogens with zero attached hydrogens (tertiary/aromatic N) is 2. The number of amides is 1. The molecule has 0 saturated heterocycles. The van der Waals surface area contributed by atoms with Gasteiger partial charge in [-0.25, -0.2) is 0 Å². The van der Waals surface area contributed by atoms with E-state index >= 15 is 0 Å². The van der Waals surface area contributed by atoms with Crippen molar-refractivity contribution in [2.45, 2.75) is 13.5 Å². The molecule has 0 aliphatic carbocycles. The molecule has 1 amide bonds. The van der Waals surface area contributed by atoms with Crippen molar-refractivity contribution in [1.82, 2.24) is 15.5 Å². The number of rotatable bonds is 5. The maximum absolute atomic E-state index is 12.6. The Morgan fingerprint density at radius 1 is 1.25 bits per heavy atom. The minimum absolute atomic E-state index is 0.251. The van der Waals surface area contributed by atoms with E-state index in [4.69, 9.17) is 9.26 Å². The number of pyridine rings is 1. The quantitative estimate of drug-likeness (QED) is 0.781. The first kappa shape index (κ1) is 15.7. The summed E-state index contributed by atoms with van der Waals surface area (Å²) < 4.78 is 10.7. The molecule has 0 aliphatic heterocycles. The largest absolute Gasteiger partial charge is 0.496 e. The minimum Gasteiger partial charge on any atom is -0.496 e. The fourth-order valence-corrected chi connectivity index (χ4v) is 2.43. The zero-order valence-electron chi connectivity index (χ0n) is 13.4. The van der Waals surface area contributed by atoms with Crippen LogP contribution in [0.5, 0.6) is 5.75 Å². The van der Waals surface area contributed by atoms with Gasteiger partial charge in [-0.2, -0.15) is 0 Å². The Morgan fingerprint density at radius 2 is 2.08 bits per heavy atom. The zero-order chi connectivity index (χ0) is 16.9. The van der Waals surface area contributed by atoms with Crippen LogP contribution in [0.2, 0.25) is 0 Å². The molecule has 0 fully saturated rings. The van der Waals surface area contributed by atoms with Gasteiger partial charge < -0.3 is 14.6 Å². The van der Waals surface area contributed by atoms with Crippen LogP contribution >= 0.6 is 0 Å². The van der Waals surface area contributed by atoms with E-state index in [1.54, 1.807) is 26.4 Å². The third kappa shape index (κ3) is 3.12. The van der Waals surface area contributed by atoms with Crippen LogP contribution in [0.25, 0.3) is 11.3 Å². The van der Waals surface area contributed by atoms with E-state index in [2.05, 4.69) is 15.5 Å². The van der Waals surface area contributed by atoms with E-state index in [0.717, 1.165) is 5.56 Å². The molecular formula is C18H17N3O3. The molecule has 3 aromatic rings. The second-order valence-electron chi connectivity index (χ2n) is 5.22. The van der Waals surface area contributed by atoms with Crippen LogP contribution in [0, 0.1) is 6.92 Å². The first-order valence-electron chi connectivity index (χ1n) is 7.47. The summed E-state index contributed by atoms with van der Waals surface area (Å²) in [5.74, 6) is 0.766. The molecule has 0 radical (unpaired) electrons. The van der Waals surface area contributed by atoms with Crippen LogP contribution in [0.15, 0.2) is 53.3 Å². The Morgan fingerprint density at radius 3 is 2.83 bits per heavy atom. The van der Waals surface area contributed by atoms with E-state index in [1.165, 1.54) is 0 Å². The van der Waals surface area contributed by atoms with Crippen LogP contribution in [0.3, 0.4) is 0 Å². The number of aryl methyl sites for hydroxylation is 1. The molecule has 6 heteroatoms. The standard InChI is InChI=1S/C18H17N3O3/c1-12-16(18(22)20-11-13-6-5-9-19-10-13)17(24-21-12)14-7-3-4-8-15(14)23-2/h3-10H,11H2,1-2H3,(H,20,22). The number of ether oxygens (including phenoxy) is 1. The molecule has 2 aromatic heterocycles. The molecule has 24 heavy (non-hydrogen) atoms. The number of hydrogen-bond acceptors (Lipinski definition) is 5. The highest BCUT2D eigenvalue weighted by Crippen LogP contribution is 2.33. The minimum atomic E-state index is -0.251. The van der Waals surface area contributed by atoms with Crippen LogP contribution in [-0.4, -0.2) is 23.2 Å². The molecule has 1 aromatic carbocycles. The average Bonchev–Trinajstić information content (AvgIpc) is 3.02. The molecule has 6 nitrogen and oxygen atoms in total. The second-order valence-corrected chi connectivity index (χ2v) is 5.22. The van der Waals surface area contributed by atoms with E-state index < -0.39 is 0 Å². The number of carbonyl (C=O) groups excluding carboxylic acids is 1. The van der Waals surface area contributed by atoms with E-state index in [0.29, 0.717) is 34.9 Å². The van der Waals surface area contributed by atoms with Crippen LogP contribution < -0.4 is 10.1 Å². The van der Waals surface area contributed by atoms with Crippen molar-refractivity contribution in [2.75, 3.05) is 7.11 Å². The summed E-state index contributed by atoms with van der Waals surface area (Å²) in [5, 5.41) is 6.81. The van der Waals surface area contributed by atoms with Crippen molar-refractivity contribution in [1.29, 1.82) is 0 Å². The molecule has 122 valence electrons. The number of benzene rings is 1. The third-order valence-electron chi connectivity index (χ3n) is 3.62. The molecule has 0 spiro atoms. The molecule has 0 atom stereocenters. The molecule has 3 rings (SSSR count). The molecule has 0 unspecified atom stereocenters. The number of nitrogens with one attached hydrogen (secondary N) is 1. The molecule has 0 aliphatic rings. The lowest BCUT2D eigenvalue weighted by molar-refractivity contribution is 0.0950. The molecular weight excluding hydrogens is 306 g/mol. The van der Waals surface area contributed by atoms with Crippen LogP contribution in [-0.2, 0) is 6.54 Å². The van der Waals surface area contributed by atoms with Gasteiger partial charge >= 0.3 is 0 Å². The van der Waals surface area contributed by atoms with Crippen molar-refractivity contribution >= 4 is 5.91 Å². The van der Waals surface area contributed by atoms with Crippen molar-refractivity contribution in [3.8, 4) is 17.1 Å². The fourth-order valence-electron chi connectivity index (χ4n) is 2.43. The van der Waals surface area contributed by atoms with Gasteiger partial charge in [0.1, 0.15) is 11.3 Å². The highest BCUT2D eigenvalue weighted by atomic mass is 16.5. The van der Waals surface area contributed by atoms with Gasteiger partial charge in [0.15, 0.2) is 5.76 Å². The van der Waals surface area contributed by atoms with Gasteiger partial charge in [0.25, 0.3) is 5.91 Å². The normalized spacial score (nSPS) is 10.4. The van der Waals surface area contributed by atoms with Gasteiger partial charge in [-0.3, -0.25) is 9.78 Å². The second kappa shape index (κ2) is 6.95. The van der Waals surface area contributed by atoms with Crippen molar-refractivity contribution in [2.24, 2.45) is 0 Å². The summed E-state index contributed by atoms with van der Waals surface area (Å²) >= 11 is 0. The lowest BCUT2D eigenvalue weighted by Crippen LogP contribution is -2.23. The summed E-state index contributed by atoms with van der Waals surface area (Å²) in [6.07, 6.45) is 3.40. The Hall–Kier alpha value is -3.15. The maximum atomic E-state index is 12.6. The number of carbonyl (C=O) groups is 1. The van der Waals surface area contributed by atoms with E-state index in [-0.39, 0.29) is 5.91 Å². The highest BCUT2D eigenvalue weighted by molar-refractivity contribution is 6.01. The van der Waals surface area contributed by atoms with Crippen molar-refractivity contribution in [3.05, 3.63) is 65.6 Å². The summed E-state index contributed by atoms with van der Waals surface area (Å²) in [4.78, 5) is 16.7. The SMILES string of the molecule is COc1ccccc1-c1onc(C)c1C(=O)NCc1cccnc1. The van der Waals surface area contributed by atoms with Gasteiger partial charge in [-0.05, 0) is 30.7 Å².